The lowest BCUT2D eigenvalue weighted by Gasteiger charge is -2.25. The van der Waals surface area contributed by atoms with Crippen molar-refractivity contribution in [1.82, 2.24) is 14.8 Å². The average Bonchev–Trinajstić information content (AvgIpc) is 3.53. The molecule has 6 nitrogen and oxygen atoms in total. The number of nitrogens with zero attached hydrogens (tertiary/aromatic N) is 3. The van der Waals surface area contributed by atoms with Gasteiger partial charge in [-0.2, -0.15) is 5.10 Å². The summed E-state index contributed by atoms with van der Waals surface area (Å²) in [4.78, 5) is 4.39. The Hall–Kier alpha value is -3.16. The van der Waals surface area contributed by atoms with Crippen molar-refractivity contribution in [3.05, 3.63) is 54.3 Å². The topological polar surface area (TPSA) is 90.1 Å². The van der Waals surface area contributed by atoms with Crippen molar-refractivity contribution in [3.63, 3.8) is 0 Å². The minimum atomic E-state index is -0.177. The monoisotopic (exact) mass is 430 g/mol. The Kier molecular flexibility index (Phi) is 4.33. The zero-order chi connectivity index (χ0) is 20.9. The molecule has 1 aliphatic carbocycles. The van der Waals surface area contributed by atoms with Gasteiger partial charge in [0.15, 0.2) is 11.4 Å². The van der Waals surface area contributed by atoms with Crippen LogP contribution in [-0.4, -0.2) is 26.0 Å². The van der Waals surface area contributed by atoms with E-state index in [0.717, 1.165) is 53.5 Å². The van der Waals surface area contributed by atoms with Gasteiger partial charge in [0.05, 0.1) is 18.3 Å². The first-order valence-corrected chi connectivity index (χ1v) is 11.4. The average molecular weight is 431 g/mol. The third-order valence-electron chi connectivity index (χ3n) is 6.28. The highest BCUT2D eigenvalue weighted by molar-refractivity contribution is 7.17. The molecule has 7 heteroatoms. The van der Waals surface area contributed by atoms with Gasteiger partial charge in [-0.15, -0.1) is 11.3 Å². The fourth-order valence-electron chi connectivity index (χ4n) is 4.59. The molecule has 6 rings (SSSR count). The summed E-state index contributed by atoms with van der Waals surface area (Å²) < 4.78 is 9.44. The zero-order valence-corrected chi connectivity index (χ0v) is 17.7. The van der Waals surface area contributed by atoms with E-state index < -0.39 is 0 Å². The standard InChI is InChI=1S/C24H22N4O2S/c25-24-22-19(10-21(30-22)18-3-1-2-14-8-9-31-23(14)18)20(12-26-24)15-11-27-28(13-15)16-4-6-17(29)7-5-16/h1-3,8-13,16-17,29H,4-7H2,(H2,25,26). The highest BCUT2D eigenvalue weighted by Crippen LogP contribution is 2.40. The van der Waals surface area contributed by atoms with Crippen molar-refractivity contribution in [2.24, 2.45) is 0 Å². The van der Waals surface area contributed by atoms with Gasteiger partial charge in [-0.1, -0.05) is 12.1 Å². The van der Waals surface area contributed by atoms with Gasteiger partial charge in [0.25, 0.3) is 0 Å². The largest absolute Gasteiger partial charge is 0.452 e. The van der Waals surface area contributed by atoms with Gasteiger partial charge in [0, 0.05) is 39.2 Å². The molecule has 0 saturated heterocycles. The van der Waals surface area contributed by atoms with Crippen molar-refractivity contribution in [1.29, 1.82) is 0 Å². The number of nitrogen functional groups attached to an aromatic ring is 1. The van der Waals surface area contributed by atoms with Gasteiger partial charge in [0.1, 0.15) is 5.76 Å². The number of anilines is 1. The van der Waals surface area contributed by atoms with E-state index in [2.05, 4.69) is 45.9 Å². The maximum atomic E-state index is 9.79. The first-order valence-electron chi connectivity index (χ1n) is 10.5. The normalized spacial score (nSPS) is 19.4. The number of aliphatic hydroxyl groups is 1. The molecule has 0 radical (unpaired) electrons. The molecular formula is C24H22N4O2S. The van der Waals surface area contributed by atoms with Crippen LogP contribution in [0.3, 0.4) is 0 Å². The van der Waals surface area contributed by atoms with Crippen LogP contribution in [0.25, 0.3) is 43.5 Å². The minimum absolute atomic E-state index is 0.177. The molecule has 1 aliphatic rings. The van der Waals surface area contributed by atoms with E-state index in [1.54, 1.807) is 17.5 Å². The number of pyridine rings is 1. The van der Waals surface area contributed by atoms with E-state index in [0.29, 0.717) is 17.4 Å². The van der Waals surface area contributed by atoms with Crippen molar-refractivity contribution in [2.75, 3.05) is 5.73 Å². The second-order valence-electron chi connectivity index (χ2n) is 8.23. The van der Waals surface area contributed by atoms with Gasteiger partial charge in [-0.25, -0.2) is 4.98 Å². The summed E-state index contributed by atoms with van der Waals surface area (Å²) in [5.41, 5.74) is 9.79. The molecule has 0 bridgehead atoms. The van der Waals surface area contributed by atoms with Gasteiger partial charge in [-0.3, -0.25) is 4.68 Å². The van der Waals surface area contributed by atoms with Crippen LogP contribution >= 0.6 is 11.3 Å². The number of benzene rings is 1. The lowest BCUT2D eigenvalue weighted by Crippen LogP contribution is -2.21. The first-order chi connectivity index (χ1) is 15.2. The number of aliphatic hydroxyl groups excluding tert-OH is 1. The third-order valence-corrected chi connectivity index (χ3v) is 7.25. The number of hydrogen-bond acceptors (Lipinski definition) is 6. The van der Waals surface area contributed by atoms with Crippen LogP contribution in [0.1, 0.15) is 31.7 Å². The molecule has 0 spiro atoms. The predicted molar refractivity (Wildman–Crippen MR) is 124 cm³/mol. The van der Waals surface area contributed by atoms with Crippen LogP contribution in [0.15, 0.2) is 58.7 Å². The fraction of sp³-hybridized carbons (Fsp3) is 0.250. The molecule has 1 saturated carbocycles. The lowest BCUT2D eigenvalue weighted by atomic mass is 9.93. The second-order valence-corrected chi connectivity index (χ2v) is 9.14. The molecule has 5 aromatic rings. The van der Waals surface area contributed by atoms with Crippen LogP contribution in [0.5, 0.6) is 0 Å². The number of hydrogen-bond donors (Lipinski definition) is 2. The van der Waals surface area contributed by atoms with E-state index in [-0.39, 0.29) is 6.10 Å². The predicted octanol–water partition coefficient (Wildman–Crippen LogP) is 5.63. The molecule has 4 aromatic heterocycles. The summed E-state index contributed by atoms with van der Waals surface area (Å²) in [7, 11) is 0. The zero-order valence-electron chi connectivity index (χ0n) is 16.9. The molecular weight excluding hydrogens is 408 g/mol. The Morgan fingerprint density at radius 3 is 2.84 bits per heavy atom. The van der Waals surface area contributed by atoms with E-state index in [4.69, 9.17) is 10.2 Å². The Morgan fingerprint density at radius 1 is 1.10 bits per heavy atom. The summed E-state index contributed by atoms with van der Waals surface area (Å²) in [6.07, 6.45) is 9.11. The Balaban J connectivity index is 1.44. The molecule has 1 aromatic carbocycles. The molecule has 0 atom stereocenters. The number of rotatable bonds is 3. The Bertz CT molecular complexity index is 1390. The quantitative estimate of drug-likeness (QED) is 0.387. The summed E-state index contributed by atoms with van der Waals surface area (Å²) in [5.74, 6) is 1.18. The summed E-state index contributed by atoms with van der Waals surface area (Å²) >= 11 is 1.70. The van der Waals surface area contributed by atoms with E-state index >= 15 is 0 Å². The maximum Gasteiger partial charge on any atom is 0.177 e. The van der Waals surface area contributed by atoms with Crippen LogP contribution in [0.4, 0.5) is 5.82 Å². The minimum Gasteiger partial charge on any atom is -0.452 e. The number of thiophene rings is 1. The molecule has 0 amide bonds. The van der Waals surface area contributed by atoms with E-state index in [1.807, 2.05) is 16.9 Å². The van der Waals surface area contributed by atoms with Crippen molar-refractivity contribution < 1.29 is 9.52 Å². The van der Waals surface area contributed by atoms with Crippen LogP contribution in [0, 0.1) is 0 Å². The molecule has 3 N–H and O–H groups in total. The van der Waals surface area contributed by atoms with Crippen LogP contribution < -0.4 is 5.73 Å². The SMILES string of the molecule is Nc1ncc(-c2cnn(C3CCC(O)CC3)c2)c2cc(-c3cccc4ccsc34)oc12. The van der Waals surface area contributed by atoms with Gasteiger partial charge >= 0.3 is 0 Å². The van der Waals surface area contributed by atoms with Gasteiger partial charge < -0.3 is 15.3 Å². The van der Waals surface area contributed by atoms with Gasteiger partial charge in [0.2, 0.25) is 0 Å². The van der Waals surface area contributed by atoms with Crippen molar-refractivity contribution in [3.8, 4) is 22.5 Å². The molecule has 0 aliphatic heterocycles. The molecule has 0 unspecified atom stereocenters. The smallest absolute Gasteiger partial charge is 0.177 e. The molecule has 1 fully saturated rings. The summed E-state index contributed by atoms with van der Waals surface area (Å²) in [6.45, 7) is 0. The number of nitrogens with two attached hydrogens (primary N) is 1. The summed E-state index contributed by atoms with van der Waals surface area (Å²) in [5, 5.41) is 18.6. The highest BCUT2D eigenvalue weighted by atomic mass is 32.1. The van der Waals surface area contributed by atoms with E-state index in [1.165, 1.54) is 10.1 Å². The van der Waals surface area contributed by atoms with Crippen molar-refractivity contribution in [2.45, 2.75) is 37.8 Å². The lowest BCUT2D eigenvalue weighted by molar-refractivity contribution is 0.108. The number of furan rings is 1. The molecule has 156 valence electrons. The second kappa shape index (κ2) is 7.21. The highest BCUT2D eigenvalue weighted by Gasteiger charge is 2.22. The van der Waals surface area contributed by atoms with Crippen molar-refractivity contribution >= 4 is 38.2 Å². The Morgan fingerprint density at radius 2 is 1.97 bits per heavy atom. The van der Waals surface area contributed by atoms with E-state index in [9.17, 15) is 5.11 Å². The number of aromatic nitrogens is 3. The van der Waals surface area contributed by atoms with Crippen LogP contribution in [0.2, 0.25) is 0 Å². The fourth-order valence-corrected chi connectivity index (χ4v) is 5.51. The summed E-state index contributed by atoms with van der Waals surface area (Å²) in [6, 6.07) is 10.7. The molecule has 4 heterocycles. The van der Waals surface area contributed by atoms with Crippen LogP contribution in [-0.2, 0) is 0 Å². The maximum absolute atomic E-state index is 9.79. The third kappa shape index (κ3) is 3.12. The first kappa shape index (κ1) is 18.6. The van der Waals surface area contributed by atoms with Gasteiger partial charge in [-0.05, 0) is 54.6 Å². The number of fused-ring (bicyclic) bond motifs is 2. The Labute approximate surface area is 182 Å². The molecule has 31 heavy (non-hydrogen) atoms.